The highest BCUT2D eigenvalue weighted by molar-refractivity contribution is 5.64. The molecule has 0 saturated carbocycles. The van der Waals surface area contributed by atoms with Gasteiger partial charge in [-0.2, -0.15) is 0 Å². The fourth-order valence-electron chi connectivity index (χ4n) is 8.72. The second-order valence-electron chi connectivity index (χ2n) is 17.5. The smallest absolute Gasteiger partial charge is 0.128 e. The van der Waals surface area contributed by atoms with Gasteiger partial charge < -0.3 is 45.6 Å². The highest BCUT2D eigenvalue weighted by atomic mass is 16.5. The summed E-state index contributed by atoms with van der Waals surface area (Å²) in [4.78, 5) is 0. The molecule has 4 atom stereocenters. The number of rotatable bonds is 11. The standard InChI is InChI=1S/C47H62O9/c1-10-56-22-39-46(54)37-18-38(47(39)55)30(14-26(8)9)36-17-34(43(51)21-45(36)53)28(12-24(4)5)32-15-31(40(48)19-41(32)49)27(11-23(2)3)33-16-35(29(37)13-25(6)7)44(52)20-42(33)50/h15-21,23-30,48-55H,10-14,22H2,1-9H3/t27-,28+,29-,30+. The van der Waals surface area contributed by atoms with Crippen molar-refractivity contribution in [2.75, 3.05) is 6.61 Å². The van der Waals surface area contributed by atoms with E-state index in [1.165, 1.54) is 18.2 Å². The molecule has 1 aliphatic rings. The van der Waals surface area contributed by atoms with Gasteiger partial charge in [0.1, 0.15) is 46.0 Å². The van der Waals surface area contributed by atoms with Crippen molar-refractivity contribution < 1.29 is 45.6 Å². The molecule has 0 fully saturated rings. The van der Waals surface area contributed by atoms with Crippen molar-refractivity contribution in [2.24, 2.45) is 23.7 Å². The monoisotopic (exact) mass is 770 g/mol. The van der Waals surface area contributed by atoms with Gasteiger partial charge in [0, 0.05) is 93.0 Å². The van der Waals surface area contributed by atoms with Crippen LogP contribution in [0.15, 0.2) is 42.5 Å². The number of aromatic hydroxyl groups is 8. The minimum absolute atomic E-state index is 0.0671. The van der Waals surface area contributed by atoms with E-state index in [0.29, 0.717) is 76.8 Å². The number of hydrogen-bond donors (Lipinski definition) is 8. The van der Waals surface area contributed by atoms with E-state index >= 15 is 0 Å². The molecule has 0 aromatic heterocycles. The Morgan fingerprint density at radius 3 is 0.857 bits per heavy atom. The van der Waals surface area contributed by atoms with Crippen LogP contribution in [0.1, 0.15) is 162 Å². The van der Waals surface area contributed by atoms with Crippen molar-refractivity contribution in [1.29, 1.82) is 0 Å². The van der Waals surface area contributed by atoms with Crippen LogP contribution in [0.3, 0.4) is 0 Å². The lowest BCUT2D eigenvalue weighted by molar-refractivity contribution is 0.129. The first-order chi connectivity index (χ1) is 26.3. The quantitative estimate of drug-likeness (QED) is 0.0739. The van der Waals surface area contributed by atoms with E-state index in [1.54, 1.807) is 24.3 Å². The maximum atomic E-state index is 12.1. The molecule has 0 amide bonds. The van der Waals surface area contributed by atoms with E-state index in [2.05, 4.69) is 0 Å². The second kappa shape index (κ2) is 17.2. The van der Waals surface area contributed by atoms with E-state index in [-0.39, 0.29) is 81.8 Å². The number of ether oxygens (including phenoxy) is 1. The van der Waals surface area contributed by atoms with Gasteiger partial charge in [0.15, 0.2) is 0 Å². The van der Waals surface area contributed by atoms with Crippen LogP contribution in [0.2, 0.25) is 0 Å². The van der Waals surface area contributed by atoms with E-state index in [1.807, 2.05) is 62.3 Å². The van der Waals surface area contributed by atoms with Gasteiger partial charge in [0.2, 0.25) is 0 Å². The average Bonchev–Trinajstić information content (AvgIpc) is 3.08. The summed E-state index contributed by atoms with van der Waals surface area (Å²) in [6, 6.07) is 11.0. The van der Waals surface area contributed by atoms with Gasteiger partial charge in [0.25, 0.3) is 0 Å². The molecule has 4 aromatic carbocycles. The molecule has 56 heavy (non-hydrogen) atoms. The predicted molar refractivity (Wildman–Crippen MR) is 220 cm³/mol. The van der Waals surface area contributed by atoms with Crippen LogP contribution < -0.4 is 0 Å². The number of fused-ring (bicyclic) bond motifs is 8. The predicted octanol–water partition coefficient (Wildman–Crippen LogP) is 10.9. The second-order valence-corrected chi connectivity index (χ2v) is 17.5. The largest absolute Gasteiger partial charge is 0.508 e. The van der Waals surface area contributed by atoms with E-state index in [0.717, 1.165) is 0 Å². The van der Waals surface area contributed by atoms with Gasteiger partial charge in [-0.25, -0.2) is 0 Å². The summed E-state index contributed by atoms with van der Waals surface area (Å²) in [6.45, 7) is 18.4. The molecule has 9 heteroatoms. The van der Waals surface area contributed by atoms with Gasteiger partial charge in [0.05, 0.1) is 12.2 Å². The van der Waals surface area contributed by atoms with Gasteiger partial charge in [-0.15, -0.1) is 0 Å². The van der Waals surface area contributed by atoms with Crippen molar-refractivity contribution in [3.8, 4) is 46.0 Å². The lowest BCUT2D eigenvalue weighted by Crippen LogP contribution is -2.14. The van der Waals surface area contributed by atoms with Gasteiger partial charge in [-0.1, -0.05) is 55.4 Å². The molecule has 0 radical (unpaired) electrons. The fourth-order valence-corrected chi connectivity index (χ4v) is 8.72. The maximum absolute atomic E-state index is 12.1. The molecule has 0 aliphatic heterocycles. The molecule has 4 aromatic rings. The van der Waals surface area contributed by atoms with Crippen molar-refractivity contribution in [1.82, 2.24) is 0 Å². The SMILES string of the molecule is CCOCc1c(O)c2cc(c1O)[C@@H](CC(C)C)c1cc(c(O)cc1O)[C@@H](CC(C)C)c1cc(c(O)cc1O)[C@@H](CC(C)C)c1cc(c(O)cc1O)[C@H]2CC(C)C. The first-order valence-electron chi connectivity index (χ1n) is 20.2. The van der Waals surface area contributed by atoms with Crippen molar-refractivity contribution in [2.45, 2.75) is 118 Å². The zero-order valence-electron chi connectivity index (χ0n) is 34.4. The summed E-state index contributed by atoms with van der Waals surface area (Å²) in [5, 5.41) is 94.1. The molecule has 5 rings (SSSR count). The molecule has 0 spiro atoms. The minimum atomic E-state index is -0.634. The van der Waals surface area contributed by atoms with Crippen LogP contribution in [0.25, 0.3) is 0 Å². The highest BCUT2D eigenvalue weighted by Crippen LogP contribution is 2.54. The third kappa shape index (κ3) is 8.63. The molecule has 0 saturated heterocycles. The summed E-state index contributed by atoms with van der Waals surface area (Å²) in [5.74, 6) is -3.51. The number of phenolic OH excluding ortho intramolecular Hbond substituents is 8. The van der Waals surface area contributed by atoms with Crippen LogP contribution in [-0.2, 0) is 11.3 Å². The van der Waals surface area contributed by atoms with E-state index in [4.69, 9.17) is 4.74 Å². The Hall–Kier alpha value is -4.76. The number of phenols is 8. The van der Waals surface area contributed by atoms with Gasteiger partial charge in [-0.05, 0) is 80.5 Å². The topological polar surface area (TPSA) is 171 Å². The van der Waals surface area contributed by atoms with Gasteiger partial charge >= 0.3 is 0 Å². The zero-order chi connectivity index (χ0) is 41.3. The number of hydrogen-bond acceptors (Lipinski definition) is 9. The third-order valence-electron chi connectivity index (χ3n) is 11.2. The first-order valence-corrected chi connectivity index (χ1v) is 20.2. The highest BCUT2D eigenvalue weighted by Gasteiger charge is 2.35. The molecule has 8 bridgehead atoms. The Balaban J connectivity index is 2.04. The molecular weight excluding hydrogens is 709 g/mol. The Morgan fingerprint density at radius 1 is 0.393 bits per heavy atom. The van der Waals surface area contributed by atoms with Crippen LogP contribution in [0.4, 0.5) is 0 Å². The summed E-state index contributed by atoms with van der Waals surface area (Å²) < 4.78 is 5.81. The Labute approximate surface area is 331 Å². The summed E-state index contributed by atoms with van der Waals surface area (Å²) in [6.07, 6.45) is 1.90. The average molecular weight is 771 g/mol. The number of benzene rings is 4. The molecule has 0 unspecified atom stereocenters. The first kappa shape index (κ1) is 42.4. The molecule has 304 valence electrons. The van der Waals surface area contributed by atoms with Crippen molar-refractivity contribution >= 4 is 0 Å². The Bertz CT molecular complexity index is 1900. The zero-order valence-corrected chi connectivity index (χ0v) is 34.4. The normalized spacial score (nSPS) is 18.4. The minimum Gasteiger partial charge on any atom is -0.508 e. The molecule has 0 heterocycles. The molecule has 9 nitrogen and oxygen atoms in total. The lowest BCUT2D eigenvalue weighted by atomic mass is 9.74. The molecule has 8 N–H and O–H groups in total. The van der Waals surface area contributed by atoms with Crippen LogP contribution >= 0.6 is 0 Å². The summed E-state index contributed by atoms with van der Waals surface area (Å²) in [7, 11) is 0. The van der Waals surface area contributed by atoms with E-state index in [9.17, 15) is 40.9 Å². The Morgan fingerprint density at radius 2 is 0.625 bits per heavy atom. The molecular formula is C47H62O9. The van der Waals surface area contributed by atoms with Crippen LogP contribution in [-0.4, -0.2) is 47.5 Å². The van der Waals surface area contributed by atoms with E-state index < -0.39 is 23.7 Å². The third-order valence-corrected chi connectivity index (χ3v) is 11.2. The van der Waals surface area contributed by atoms with Crippen molar-refractivity contribution in [3.05, 3.63) is 92.5 Å². The Kier molecular flexibility index (Phi) is 13.0. The lowest BCUT2D eigenvalue weighted by Gasteiger charge is -2.31. The van der Waals surface area contributed by atoms with Gasteiger partial charge in [-0.3, -0.25) is 0 Å². The van der Waals surface area contributed by atoms with Crippen LogP contribution in [0, 0.1) is 23.7 Å². The summed E-state index contributed by atoms with van der Waals surface area (Å²) in [5.41, 5.74) is 3.82. The van der Waals surface area contributed by atoms with Crippen LogP contribution in [0.5, 0.6) is 46.0 Å². The fraction of sp³-hybridized carbons (Fsp3) is 0.489. The molecule has 1 aliphatic carbocycles. The maximum Gasteiger partial charge on any atom is 0.128 e. The summed E-state index contributed by atoms with van der Waals surface area (Å²) >= 11 is 0. The van der Waals surface area contributed by atoms with Crippen molar-refractivity contribution in [3.63, 3.8) is 0 Å².